The van der Waals surface area contributed by atoms with Crippen LogP contribution in [0.2, 0.25) is 0 Å². The van der Waals surface area contributed by atoms with Crippen LogP contribution in [0.5, 0.6) is 11.5 Å². The molecule has 0 saturated carbocycles. The fourth-order valence-electron chi connectivity index (χ4n) is 2.25. The summed E-state index contributed by atoms with van der Waals surface area (Å²) in [6, 6.07) is 10.7. The van der Waals surface area contributed by atoms with Gasteiger partial charge in [0.1, 0.15) is 11.4 Å². The minimum atomic E-state index is -0.680. The van der Waals surface area contributed by atoms with Crippen LogP contribution in [0.15, 0.2) is 42.5 Å². The van der Waals surface area contributed by atoms with E-state index in [1.54, 1.807) is 51.1 Å². The summed E-state index contributed by atoms with van der Waals surface area (Å²) in [5.74, 6) is -0.286. The molecular weight excluding hydrogens is 373 g/mol. The maximum Gasteiger partial charge on any atom is 0.319 e. The summed E-state index contributed by atoms with van der Waals surface area (Å²) >= 11 is 0. The number of anilines is 2. The van der Waals surface area contributed by atoms with Crippen LogP contribution >= 0.6 is 0 Å². The van der Waals surface area contributed by atoms with Crippen LogP contribution in [0.3, 0.4) is 0 Å². The number of hydrogen-bond donors (Lipinski definition) is 3. The number of amides is 3. The van der Waals surface area contributed by atoms with Crippen molar-refractivity contribution in [1.82, 2.24) is 5.32 Å². The summed E-state index contributed by atoms with van der Waals surface area (Å²) < 4.78 is 20.1. The molecule has 2 rings (SSSR count). The van der Waals surface area contributed by atoms with E-state index in [4.69, 9.17) is 4.74 Å². The number of carbonyl (C=O) groups is 2. The van der Waals surface area contributed by atoms with E-state index < -0.39 is 11.2 Å². The fourth-order valence-corrected chi connectivity index (χ4v) is 2.25. The number of ether oxygens (including phenoxy) is 1. The van der Waals surface area contributed by atoms with Gasteiger partial charge in [0.15, 0.2) is 11.6 Å². The summed E-state index contributed by atoms with van der Waals surface area (Å²) in [5, 5.41) is 8.13. The van der Waals surface area contributed by atoms with E-state index >= 15 is 0 Å². The highest BCUT2D eigenvalue weighted by Crippen LogP contribution is 2.33. The molecule has 0 aliphatic carbocycles. The van der Waals surface area contributed by atoms with Gasteiger partial charge in [-0.25, -0.2) is 9.18 Å². The Hall–Kier alpha value is -3.09. The molecular formula is C22H28FN3O3. The molecule has 7 heteroatoms. The van der Waals surface area contributed by atoms with E-state index in [0.29, 0.717) is 11.4 Å². The largest absolute Gasteiger partial charge is 0.455 e. The lowest BCUT2D eigenvalue weighted by Gasteiger charge is -2.21. The molecule has 0 heterocycles. The van der Waals surface area contributed by atoms with Gasteiger partial charge in [-0.1, -0.05) is 26.8 Å². The number of urea groups is 1. The first kappa shape index (κ1) is 22.2. The van der Waals surface area contributed by atoms with Crippen molar-refractivity contribution in [1.29, 1.82) is 0 Å². The predicted molar refractivity (Wildman–Crippen MR) is 113 cm³/mol. The lowest BCUT2D eigenvalue weighted by atomic mass is 9.95. The first-order valence-electron chi connectivity index (χ1n) is 9.32. The standard InChI is InChI=1S/C22H28FN3O3/c1-21(2,3)19(27)25-18-16(23)8-7-9-17(18)29-15-12-10-14(11-13-15)24-20(28)26-22(4,5)6/h7-13H,1-6H3,(H,25,27)(H2,24,26,28). The Morgan fingerprint density at radius 1 is 0.897 bits per heavy atom. The van der Waals surface area contributed by atoms with E-state index in [1.165, 1.54) is 12.1 Å². The zero-order valence-corrected chi connectivity index (χ0v) is 17.6. The van der Waals surface area contributed by atoms with E-state index in [1.807, 2.05) is 20.8 Å². The van der Waals surface area contributed by atoms with Crippen LogP contribution in [0.1, 0.15) is 41.5 Å². The van der Waals surface area contributed by atoms with Crippen LogP contribution in [-0.4, -0.2) is 17.5 Å². The monoisotopic (exact) mass is 401 g/mol. The van der Waals surface area contributed by atoms with Crippen LogP contribution in [0.25, 0.3) is 0 Å². The molecule has 0 atom stereocenters. The van der Waals surface area contributed by atoms with Crippen molar-refractivity contribution in [2.45, 2.75) is 47.1 Å². The van der Waals surface area contributed by atoms with Crippen molar-refractivity contribution < 1.29 is 18.7 Å². The number of benzene rings is 2. The number of rotatable bonds is 4. The quantitative estimate of drug-likeness (QED) is 0.631. The first-order valence-corrected chi connectivity index (χ1v) is 9.32. The smallest absolute Gasteiger partial charge is 0.319 e. The average Bonchev–Trinajstić information content (AvgIpc) is 2.57. The Morgan fingerprint density at radius 2 is 1.52 bits per heavy atom. The van der Waals surface area contributed by atoms with Gasteiger partial charge in [-0.2, -0.15) is 0 Å². The molecule has 29 heavy (non-hydrogen) atoms. The molecule has 156 valence electrons. The van der Waals surface area contributed by atoms with Crippen molar-refractivity contribution >= 4 is 23.3 Å². The highest BCUT2D eigenvalue weighted by Gasteiger charge is 2.24. The molecule has 0 aromatic heterocycles. The number of carbonyl (C=O) groups excluding carboxylic acids is 2. The summed E-state index contributed by atoms with van der Waals surface area (Å²) in [4.78, 5) is 24.2. The molecule has 0 fully saturated rings. The Balaban J connectivity index is 2.13. The molecule has 6 nitrogen and oxygen atoms in total. The summed E-state index contributed by atoms with van der Waals surface area (Å²) in [6.07, 6.45) is 0. The van der Waals surface area contributed by atoms with Gasteiger partial charge in [0.25, 0.3) is 0 Å². The molecule has 0 aliphatic rings. The number of nitrogens with one attached hydrogen (secondary N) is 3. The number of halogens is 1. The Bertz CT molecular complexity index is 882. The highest BCUT2D eigenvalue weighted by molar-refractivity contribution is 5.96. The Labute approximate surface area is 170 Å². The molecule has 2 aromatic rings. The molecule has 0 radical (unpaired) electrons. The second-order valence-corrected chi connectivity index (χ2v) is 8.77. The lowest BCUT2D eigenvalue weighted by molar-refractivity contribution is -0.123. The molecule has 2 aromatic carbocycles. The number of hydrogen-bond acceptors (Lipinski definition) is 3. The summed E-state index contributed by atoms with van der Waals surface area (Å²) in [6.45, 7) is 10.9. The van der Waals surface area contributed by atoms with Gasteiger partial charge in [-0.15, -0.1) is 0 Å². The third kappa shape index (κ3) is 6.78. The molecule has 0 aliphatic heterocycles. The van der Waals surface area contributed by atoms with Gasteiger partial charge in [0.05, 0.1) is 0 Å². The van der Waals surface area contributed by atoms with E-state index in [0.717, 1.165) is 0 Å². The minimum Gasteiger partial charge on any atom is -0.455 e. The third-order valence-electron chi connectivity index (χ3n) is 3.72. The number of para-hydroxylation sites is 1. The van der Waals surface area contributed by atoms with Crippen LogP contribution < -0.4 is 20.7 Å². The molecule has 3 N–H and O–H groups in total. The molecule has 0 spiro atoms. The first-order chi connectivity index (χ1) is 13.3. The van der Waals surface area contributed by atoms with Crippen molar-refractivity contribution in [3.8, 4) is 11.5 Å². The summed E-state index contributed by atoms with van der Waals surface area (Å²) in [5.41, 5.74) is -0.461. The van der Waals surface area contributed by atoms with Crippen molar-refractivity contribution in [2.24, 2.45) is 5.41 Å². The van der Waals surface area contributed by atoms with Crippen molar-refractivity contribution in [2.75, 3.05) is 10.6 Å². The topological polar surface area (TPSA) is 79.5 Å². The van der Waals surface area contributed by atoms with Crippen LogP contribution in [0.4, 0.5) is 20.6 Å². The predicted octanol–water partition coefficient (Wildman–Crippen LogP) is 5.52. The third-order valence-corrected chi connectivity index (χ3v) is 3.72. The minimum absolute atomic E-state index is 0.0146. The van der Waals surface area contributed by atoms with Gasteiger partial charge in [0, 0.05) is 16.6 Å². The zero-order valence-electron chi connectivity index (χ0n) is 17.6. The van der Waals surface area contributed by atoms with Gasteiger partial charge in [-0.3, -0.25) is 4.79 Å². The highest BCUT2D eigenvalue weighted by atomic mass is 19.1. The second-order valence-electron chi connectivity index (χ2n) is 8.77. The Kier molecular flexibility index (Phi) is 6.51. The van der Waals surface area contributed by atoms with E-state index in [9.17, 15) is 14.0 Å². The molecule has 0 saturated heterocycles. The van der Waals surface area contributed by atoms with Gasteiger partial charge < -0.3 is 20.7 Å². The second kappa shape index (κ2) is 8.51. The SMILES string of the molecule is CC(C)(C)NC(=O)Nc1ccc(Oc2cccc(F)c2NC(=O)C(C)(C)C)cc1. The van der Waals surface area contributed by atoms with Crippen LogP contribution in [-0.2, 0) is 4.79 Å². The summed E-state index contributed by atoms with van der Waals surface area (Å²) in [7, 11) is 0. The maximum atomic E-state index is 14.3. The molecule has 3 amide bonds. The van der Waals surface area contributed by atoms with E-state index in [-0.39, 0.29) is 28.9 Å². The van der Waals surface area contributed by atoms with Crippen LogP contribution in [0, 0.1) is 11.2 Å². The normalized spacial score (nSPS) is 11.6. The zero-order chi connectivity index (χ0) is 21.8. The van der Waals surface area contributed by atoms with E-state index in [2.05, 4.69) is 16.0 Å². The Morgan fingerprint density at radius 3 is 2.07 bits per heavy atom. The maximum absolute atomic E-state index is 14.3. The fraction of sp³-hybridized carbons (Fsp3) is 0.364. The lowest BCUT2D eigenvalue weighted by Crippen LogP contribution is -2.43. The van der Waals surface area contributed by atoms with Crippen molar-refractivity contribution in [3.05, 3.63) is 48.3 Å². The molecule has 0 bridgehead atoms. The van der Waals surface area contributed by atoms with Gasteiger partial charge >= 0.3 is 6.03 Å². The van der Waals surface area contributed by atoms with Gasteiger partial charge in [0.2, 0.25) is 5.91 Å². The van der Waals surface area contributed by atoms with Gasteiger partial charge in [-0.05, 0) is 57.2 Å². The molecule has 0 unspecified atom stereocenters. The average molecular weight is 401 g/mol. The van der Waals surface area contributed by atoms with Crippen molar-refractivity contribution in [3.63, 3.8) is 0 Å².